The van der Waals surface area contributed by atoms with E-state index in [1.165, 1.54) is 23.3 Å². The lowest BCUT2D eigenvalue weighted by Crippen LogP contribution is -2.49. The van der Waals surface area contributed by atoms with Crippen molar-refractivity contribution in [2.24, 2.45) is 5.10 Å². The topological polar surface area (TPSA) is 111 Å². The molecule has 1 amide bonds. The number of carbonyl (C=O) groups excluding carboxylic acids is 1. The summed E-state index contributed by atoms with van der Waals surface area (Å²) in [6.07, 6.45) is 4.08. The van der Waals surface area contributed by atoms with Gasteiger partial charge >= 0.3 is 12.1 Å². The fraction of sp³-hybridized carbons (Fsp3) is 0.500. The molecule has 0 spiro atoms. The Morgan fingerprint density at radius 1 is 1.05 bits per heavy atom. The van der Waals surface area contributed by atoms with Crippen molar-refractivity contribution in [1.82, 2.24) is 19.4 Å². The number of carbonyl (C=O) groups is 2. The van der Waals surface area contributed by atoms with Gasteiger partial charge in [0.05, 0.1) is 18.0 Å². The molecule has 216 valence electrons. The molecule has 1 unspecified atom stereocenters. The molecule has 0 radical (unpaired) electrons. The van der Waals surface area contributed by atoms with E-state index in [1.807, 2.05) is 19.2 Å². The normalized spacial score (nSPS) is 18.2. The number of benzene rings is 1. The second-order valence-electron chi connectivity index (χ2n) is 10.7. The number of likely N-dealkylation sites (tertiary alicyclic amines) is 1. The van der Waals surface area contributed by atoms with E-state index in [1.54, 1.807) is 4.68 Å². The van der Waals surface area contributed by atoms with Gasteiger partial charge in [0, 0.05) is 50.7 Å². The number of allylic oxidation sites excluding steroid dienone is 1. The summed E-state index contributed by atoms with van der Waals surface area (Å²) >= 11 is 0. The van der Waals surface area contributed by atoms with Crippen molar-refractivity contribution in [1.29, 1.82) is 0 Å². The van der Waals surface area contributed by atoms with Crippen LogP contribution in [0.2, 0.25) is 0 Å². The van der Waals surface area contributed by atoms with Gasteiger partial charge in [0.1, 0.15) is 0 Å². The fourth-order valence-electron chi connectivity index (χ4n) is 5.60. The van der Waals surface area contributed by atoms with Crippen LogP contribution in [0.25, 0.3) is 16.8 Å². The molecule has 2 aliphatic rings. The Labute approximate surface area is 236 Å². The molecule has 2 aliphatic heterocycles. The molecule has 2 N–H and O–H groups in total. The molecule has 40 heavy (non-hydrogen) atoms. The standard InChI is InChI=1S/C30H41N5O5/c1-5-26(33-14-16-34(17-15-33)30(39)40-28(20-36)29(37)38)27-18-25(19-35(27)31-4)23-8-6-22(7-9-23)24-10-12-32(13-11-24)21(2)3/h5-9,18-19,21,24,28,36H,4,10-17,20H2,1-3H3,(H,37,38)/b26-5+. The molecule has 1 atom stereocenters. The Bertz CT molecular complexity index is 1210. The molecule has 1 aromatic carbocycles. The maximum Gasteiger partial charge on any atom is 0.410 e. The number of aliphatic hydroxyl groups excluding tert-OH is 1. The fourth-order valence-corrected chi connectivity index (χ4v) is 5.60. The SMILES string of the molecule is C=Nn1cc(-c2ccc(C3CCN(C(C)C)CC3)cc2)cc1/C(=C\C)N1CCN(C(=O)OC(CO)C(=O)O)CC1. The first-order valence-electron chi connectivity index (χ1n) is 14.0. The van der Waals surface area contributed by atoms with Gasteiger partial charge in [-0.1, -0.05) is 30.3 Å². The number of aromatic nitrogens is 1. The molecule has 2 saturated heterocycles. The van der Waals surface area contributed by atoms with Crippen molar-refractivity contribution in [2.45, 2.75) is 51.7 Å². The van der Waals surface area contributed by atoms with E-state index < -0.39 is 24.8 Å². The summed E-state index contributed by atoms with van der Waals surface area (Å²) < 4.78 is 6.71. The zero-order valence-electron chi connectivity index (χ0n) is 23.7. The second-order valence-corrected chi connectivity index (χ2v) is 10.7. The molecule has 10 nitrogen and oxygen atoms in total. The minimum absolute atomic E-state index is 0.362. The highest BCUT2D eigenvalue weighted by atomic mass is 16.6. The predicted octanol–water partition coefficient (Wildman–Crippen LogP) is 3.77. The van der Waals surface area contributed by atoms with E-state index >= 15 is 0 Å². The van der Waals surface area contributed by atoms with Crippen molar-refractivity contribution < 1.29 is 24.5 Å². The summed E-state index contributed by atoms with van der Waals surface area (Å²) in [6, 6.07) is 11.6. The lowest BCUT2D eigenvalue weighted by Gasteiger charge is -2.37. The average molecular weight is 552 g/mol. The Hall–Kier alpha value is -3.63. The second kappa shape index (κ2) is 13.1. The highest BCUT2D eigenvalue weighted by Crippen LogP contribution is 2.32. The van der Waals surface area contributed by atoms with E-state index in [9.17, 15) is 9.59 Å². The zero-order chi connectivity index (χ0) is 28.8. The van der Waals surface area contributed by atoms with Crippen LogP contribution in [0.4, 0.5) is 4.79 Å². The number of carboxylic acids is 1. The van der Waals surface area contributed by atoms with Crippen LogP contribution in [0.5, 0.6) is 0 Å². The Kier molecular flexibility index (Phi) is 9.65. The maximum absolute atomic E-state index is 12.4. The largest absolute Gasteiger partial charge is 0.478 e. The number of aliphatic hydroxyl groups is 1. The number of nitrogens with zero attached hydrogens (tertiary/aromatic N) is 5. The number of rotatable bonds is 9. The number of amides is 1. The maximum atomic E-state index is 12.4. The van der Waals surface area contributed by atoms with Gasteiger partial charge in [-0.05, 0) is 69.8 Å². The van der Waals surface area contributed by atoms with Crippen molar-refractivity contribution in [3.63, 3.8) is 0 Å². The third-order valence-electron chi connectivity index (χ3n) is 8.03. The lowest BCUT2D eigenvalue weighted by atomic mass is 9.88. The smallest absolute Gasteiger partial charge is 0.410 e. The summed E-state index contributed by atoms with van der Waals surface area (Å²) in [6.45, 7) is 13.6. The Morgan fingerprint density at radius 3 is 2.20 bits per heavy atom. The summed E-state index contributed by atoms with van der Waals surface area (Å²) in [5.74, 6) is -0.774. The Morgan fingerprint density at radius 2 is 1.68 bits per heavy atom. The molecule has 0 bridgehead atoms. The lowest BCUT2D eigenvalue weighted by molar-refractivity contribution is -0.149. The summed E-state index contributed by atoms with van der Waals surface area (Å²) in [5.41, 5.74) is 5.44. The van der Waals surface area contributed by atoms with E-state index in [-0.39, 0.29) is 0 Å². The minimum atomic E-state index is -1.57. The number of aliphatic carboxylic acids is 1. The minimum Gasteiger partial charge on any atom is -0.478 e. The van der Waals surface area contributed by atoms with E-state index in [2.05, 4.69) is 65.8 Å². The third-order valence-corrected chi connectivity index (χ3v) is 8.03. The third kappa shape index (κ3) is 6.56. The van der Waals surface area contributed by atoms with Gasteiger partial charge in [-0.2, -0.15) is 5.10 Å². The molecular weight excluding hydrogens is 510 g/mol. The summed E-state index contributed by atoms with van der Waals surface area (Å²) in [5, 5.41) is 22.4. The van der Waals surface area contributed by atoms with Crippen LogP contribution in [0.3, 0.4) is 0 Å². The number of piperidine rings is 1. The number of hydrogen-bond donors (Lipinski definition) is 2. The van der Waals surface area contributed by atoms with Crippen LogP contribution in [-0.2, 0) is 9.53 Å². The van der Waals surface area contributed by atoms with Gasteiger partial charge in [-0.15, -0.1) is 0 Å². The molecule has 1 aromatic heterocycles. The number of piperazine rings is 1. The summed E-state index contributed by atoms with van der Waals surface area (Å²) in [7, 11) is 0. The Balaban J connectivity index is 1.42. The van der Waals surface area contributed by atoms with Crippen LogP contribution >= 0.6 is 0 Å². The van der Waals surface area contributed by atoms with Crippen molar-refractivity contribution in [3.05, 3.63) is 53.9 Å². The molecule has 10 heteroatoms. The molecule has 3 heterocycles. The van der Waals surface area contributed by atoms with E-state index in [0.717, 1.165) is 35.6 Å². The molecular formula is C30H41N5O5. The van der Waals surface area contributed by atoms with Crippen LogP contribution in [0, 0.1) is 0 Å². The van der Waals surface area contributed by atoms with Gasteiger partial charge in [0.25, 0.3) is 0 Å². The first-order chi connectivity index (χ1) is 19.2. The molecule has 4 rings (SSSR count). The first-order valence-corrected chi connectivity index (χ1v) is 14.0. The van der Waals surface area contributed by atoms with Crippen LogP contribution < -0.4 is 0 Å². The van der Waals surface area contributed by atoms with E-state index in [4.69, 9.17) is 14.9 Å². The van der Waals surface area contributed by atoms with Gasteiger partial charge < -0.3 is 29.6 Å². The average Bonchev–Trinajstić information content (AvgIpc) is 3.40. The molecule has 0 saturated carbocycles. The quantitative estimate of drug-likeness (QED) is 0.457. The highest BCUT2D eigenvalue weighted by molar-refractivity contribution is 5.77. The molecule has 2 fully saturated rings. The first kappa shape index (κ1) is 29.4. The van der Waals surface area contributed by atoms with Gasteiger partial charge in [-0.25, -0.2) is 14.3 Å². The van der Waals surface area contributed by atoms with Gasteiger partial charge in [0.15, 0.2) is 0 Å². The molecule has 2 aromatic rings. The number of carboxylic acid groups (broad SMARTS) is 1. The number of hydrogen-bond acceptors (Lipinski definition) is 7. The number of ether oxygens (including phenoxy) is 1. The summed E-state index contributed by atoms with van der Waals surface area (Å²) in [4.78, 5) is 29.6. The van der Waals surface area contributed by atoms with Crippen molar-refractivity contribution in [2.75, 3.05) is 45.9 Å². The van der Waals surface area contributed by atoms with Crippen LogP contribution in [-0.4, -0.2) is 106 Å². The molecule has 0 aliphatic carbocycles. The van der Waals surface area contributed by atoms with Gasteiger partial charge in [-0.3, -0.25) is 0 Å². The zero-order valence-corrected chi connectivity index (χ0v) is 23.7. The van der Waals surface area contributed by atoms with Crippen molar-refractivity contribution in [3.8, 4) is 11.1 Å². The van der Waals surface area contributed by atoms with E-state index in [0.29, 0.717) is 38.1 Å². The monoisotopic (exact) mass is 551 g/mol. The highest BCUT2D eigenvalue weighted by Gasteiger charge is 2.29. The van der Waals surface area contributed by atoms with Crippen LogP contribution in [0.1, 0.15) is 50.8 Å². The van der Waals surface area contributed by atoms with Crippen LogP contribution in [0.15, 0.2) is 47.7 Å². The van der Waals surface area contributed by atoms with Crippen molar-refractivity contribution >= 4 is 24.5 Å². The predicted molar refractivity (Wildman–Crippen MR) is 155 cm³/mol. The van der Waals surface area contributed by atoms with Gasteiger partial charge in [0.2, 0.25) is 6.10 Å².